The molecule has 0 amide bonds. The van der Waals surface area contributed by atoms with Gasteiger partial charge in [-0.15, -0.1) is 0 Å². The second-order valence-corrected chi connectivity index (χ2v) is 5.66. The van der Waals surface area contributed by atoms with E-state index in [1.54, 1.807) is 7.11 Å². The number of ether oxygens (including phenoxy) is 1. The van der Waals surface area contributed by atoms with Gasteiger partial charge in [-0.2, -0.15) is 0 Å². The summed E-state index contributed by atoms with van der Waals surface area (Å²) in [6.07, 6.45) is 2.57. The Bertz CT molecular complexity index is 398. The van der Waals surface area contributed by atoms with Crippen molar-refractivity contribution in [2.45, 2.75) is 44.7 Å². The van der Waals surface area contributed by atoms with Crippen LogP contribution in [0.1, 0.15) is 32.3 Å². The largest absolute Gasteiger partial charge is 0.496 e. The third kappa shape index (κ3) is 5.12. The number of aliphatic hydroxyl groups excluding tert-OH is 1. The highest BCUT2D eigenvalue weighted by Crippen LogP contribution is 2.23. The van der Waals surface area contributed by atoms with E-state index < -0.39 is 0 Å². The second-order valence-electron chi connectivity index (χ2n) is 5.66. The van der Waals surface area contributed by atoms with Gasteiger partial charge in [-0.1, -0.05) is 18.2 Å². The van der Waals surface area contributed by atoms with Gasteiger partial charge in [0, 0.05) is 24.7 Å². The fourth-order valence-electron chi connectivity index (χ4n) is 2.52. The van der Waals surface area contributed by atoms with Gasteiger partial charge in [0.1, 0.15) is 5.75 Å². The van der Waals surface area contributed by atoms with Crippen LogP contribution in [-0.2, 0) is 6.42 Å². The minimum atomic E-state index is -0.177. The monoisotopic (exact) mass is 280 g/mol. The molecule has 2 atom stereocenters. The van der Waals surface area contributed by atoms with Crippen molar-refractivity contribution < 1.29 is 9.84 Å². The van der Waals surface area contributed by atoms with Crippen LogP contribution < -0.4 is 15.8 Å². The molecule has 1 aromatic rings. The van der Waals surface area contributed by atoms with Crippen LogP contribution in [-0.4, -0.2) is 36.9 Å². The van der Waals surface area contributed by atoms with Crippen molar-refractivity contribution in [2.75, 3.05) is 20.3 Å². The molecule has 2 unspecified atom stereocenters. The van der Waals surface area contributed by atoms with E-state index in [2.05, 4.69) is 25.2 Å². The van der Waals surface area contributed by atoms with Gasteiger partial charge in [-0.25, -0.2) is 0 Å². The van der Waals surface area contributed by atoms with Crippen molar-refractivity contribution in [3.8, 4) is 5.75 Å². The average Bonchev–Trinajstić information content (AvgIpc) is 2.45. The average molecular weight is 280 g/mol. The Morgan fingerprint density at radius 2 is 2.10 bits per heavy atom. The molecule has 4 N–H and O–H groups in total. The van der Waals surface area contributed by atoms with Gasteiger partial charge >= 0.3 is 0 Å². The van der Waals surface area contributed by atoms with Crippen LogP contribution in [0.2, 0.25) is 0 Å². The molecule has 0 heterocycles. The van der Waals surface area contributed by atoms with Crippen LogP contribution >= 0.6 is 0 Å². The van der Waals surface area contributed by atoms with E-state index in [9.17, 15) is 0 Å². The van der Waals surface area contributed by atoms with E-state index in [1.807, 2.05) is 18.2 Å². The maximum atomic E-state index is 8.91. The Morgan fingerprint density at radius 1 is 1.40 bits per heavy atom. The number of para-hydroxylation sites is 1. The highest BCUT2D eigenvalue weighted by atomic mass is 16.5. The Hall–Kier alpha value is -1.10. The first-order valence-corrected chi connectivity index (χ1v) is 7.25. The SMILES string of the molecule is COc1ccccc1CC(C)(CN)NC(C)CCCO. The number of rotatable bonds is 9. The first kappa shape index (κ1) is 17.0. The Kier molecular flexibility index (Phi) is 6.99. The van der Waals surface area contributed by atoms with E-state index in [4.69, 9.17) is 15.6 Å². The third-order valence-electron chi connectivity index (χ3n) is 3.61. The molecule has 0 bridgehead atoms. The van der Waals surface area contributed by atoms with E-state index >= 15 is 0 Å². The number of aliphatic hydroxyl groups is 1. The van der Waals surface area contributed by atoms with Crippen LogP contribution in [0.25, 0.3) is 0 Å². The third-order valence-corrected chi connectivity index (χ3v) is 3.61. The van der Waals surface area contributed by atoms with Crippen LogP contribution in [0.4, 0.5) is 0 Å². The summed E-state index contributed by atoms with van der Waals surface area (Å²) in [5.74, 6) is 0.900. The molecular weight excluding hydrogens is 252 g/mol. The summed E-state index contributed by atoms with van der Waals surface area (Å²) < 4.78 is 5.40. The number of benzene rings is 1. The Balaban J connectivity index is 2.73. The molecular formula is C16H28N2O2. The molecule has 0 aliphatic carbocycles. The first-order valence-electron chi connectivity index (χ1n) is 7.25. The molecule has 0 aliphatic heterocycles. The molecule has 0 spiro atoms. The molecule has 1 aromatic carbocycles. The highest BCUT2D eigenvalue weighted by Gasteiger charge is 2.25. The van der Waals surface area contributed by atoms with E-state index in [0.29, 0.717) is 12.6 Å². The zero-order chi connectivity index (χ0) is 15.0. The summed E-state index contributed by atoms with van der Waals surface area (Å²) in [4.78, 5) is 0. The smallest absolute Gasteiger partial charge is 0.122 e. The van der Waals surface area contributed by atoms with Crippen LogP contribution in [0.5, 0.6) is 5.75 Å². The summed E-state index contributed by atoms with van der Waals surface area (Å²) in [5.41, 5.74) is 6.95. The summed E-state index contributed by atoms with van der Waals surface area (Å²) >= 11 is 0. The molecule has 114 valence electrons. The lowest BCUT2D eigenvalue weighted by molar-refractivity contribution is 0.259. The topological polar surface area (TPSA) is 67.5 Å². The Labute approximate surface area is 122 Å². The molecule has 0 fully saturated rings. The minimum Gasteiger partial charge on any atom is -0.496 e. The molecule has 4 nitrogen and oxygen atoms in total. The van der Waals surface area contributed by atoms with Crippen molar-refractivity contribution in [1.82, 2.24) is 5.32 Å². The lowest BCUT2D eigenvalue weighted by atomic mass is 9.91. The van der Waals surface area contributed by atoms with Crippen molar-refractivity contribution in [3.05, 3.63) is 29.8 Å². The molecule has 0 aliphatic rings. The number of hydrogen-bond acceptors (Lipinski definition) is 4. The molecule has 4 heteroatoms. The van der Waals surface area contributed by atoms with Gasteiger partial charge in [-0.3, -0.25) is 0 Å². The maximum absolute atomic E-state index is 8.91. The van der Waals surface area contributed by atoms with Crippen LogP contribution in [0, 0.1) is 0 Å². The van der Waals surface area contributed by atoms with Crippen molar-refractivity contribution >= 4 is 0 Å². The fraction of sp³-hybridized carbons (Fsp3) is 0.625. The van der Waals surface area contributed by atoms with Crippen molar-refractivity contribution in [2.24, 2.45) is 5.73 Å². The highest BCUT2D eigenvalue weighted by molar-refractivity contribution is 5.34. The standard InChI is InChI=1S/C16H28N2O2/c1-13(7-6-10-19)18-16(2,12-17)11-14-8-4-5-9-15(14)20-3/h4-5,8-9,13,18-19H,6-7,10-12,17H2,1-3H3. The van der Waals surface area contributed by atoms with Gasteiger partial charge in [0.15, 0.2) is 0 Å². The van der Waals surface area contributed by atoms with Gasteiger partial charge in [0.2, 0.25) is 0 Å². The second kappa shape index (κ2) is 8.25. The molecule has 0 aromatic heterocycles. The molecule has 0 radical (unpaired) electrons. The van der Waals surface area contributed by atoms with Crippen LogP contribution in [0.3, 0.4) is 0 Å². The summed E-state index contributed by atoms with van der Waals surface area (Å²) in [6.45, 7) is 5.05. The van der Waals surface area contributed by atoms with Gasteiger partial charge in [0.25, 0.3) is 0 Å². The minimum absolute atomic E-state index is 0.177. The van der Waals surface area contributed by atoms with Gasteiger partial charge in [0.05, 0.1) is 7.11 Å². The van der Waals surface area contributed by atoms with Crippen LogP contribution in [0.15, 0.2) is 24.3 Å². The molecule has 20 heavy (non-hydrogen) atoms. The van der Waals surface area contributed by atoms with E-state index in [-0.39, 0.29) is 12.1 Å². The maximum Gasteiger partial charge on any atom is 0.122 e. The number of hydrogen-bond donors (Lipinski definition) is 3. The quantitative estimate of drug-likeness (QED) is 0.644. The zero-order valence-corrected chi connectivity index (χ0v) is 12.9. The van der Waals surface area contributed by atoms with E-state index in [0.717, 1.165) is 30.6 Å². The van der Waals surface area contributed by atoms with Crippen molar-refractivity contribution in [3.63, 3.8) is 0 Å². The fourth-order valence-corrected chi connectivity index (χ4v) is 2.52. The number of nitrogens with two attached hydrogens (primary N) is 1. The lowest BCUT2D eigenvalue weighted by Gasteiger charge is -2.33. The predicted octanol–water partition coefficient (Wildman–Crippen LogP) is 1.71. The van der Waals surface area contributed by atoms with E-state index in [1.165, 1.54) is 0 Å². The summed E-state index contributed by atoms with van der Waals surface area (Å²) in [6, 6.07) is 8.36. The summed E-state index contributed by atoms with van der Waals surface area (Å²) in [7, 11) is 1.69. The van der Waals surface area contributed by atoms with Gasteiger partial charge in [-0.05, 0) is 44.7 Å². The molecule has 1 rings (SSSR count). The lowest BCUT2D eigenvalue weighted by Crippen LogP contribution is -2.53. The van der Waals surface area contributed by atoms with Gasteiger partial charge < -0.3 is 20.9 Å². The van der Waals surface area contributed by atoms with Crippen molar-refractivity contribution in [1.29, 1.82) is 0 Å². The molecule has 0 saturated carbocycles. The number of methoxy groups -OCH3 is 1. The predicted molar refractivity (Wildman–Crippen MR) is 83.1 cm³/mol. The molecule has 0 saturated heterocycles. The summed E-state index contributed by atoms with van der Waals surface area (Å²) in [5, 5.41) is 12.5. The number of nitrogens with one attached hydrogen (secondary N) is 1. The normalized spacial score (nSPS) is 15.7. The zero-order valence-electron chi connectivity index (χ0n) is 12.9. The first-order chi connectivity index (χ1) is 9.54. The Morgan fingerprint density at radius 3 is 2.70 bits per heavy atom.